The molecule has 0 atom stereocenters. The lowest BCUT2D eigenvalue weighted by Gasteiger charge is -2.04. The summed E-state index contributed by atoms with van der Waals surface area (Å²) in [5.74, 6) is 2.27. The van der Waals surface area contributed by atoms with Gasteiger partial charge in [0.15, 0.2) is 0 Å². The molecule has 0 radical (unpaired) electrons. The molecule has 2 N–H and O–H groups in total. The van der Waals surface area contributed by atoms with Crippen molar-refractivity contribution in [3.63, 3.8) is 0 Å². The zero-order valence-electron chi connectivity index (χ0n) is 7.63. The number of nitrogens with two attached hydrogens (primary N) is 1. The highest BCUT2D eigenvalue weighted by Crippen LogP contribution is 2.17. The average Bonchev–Trinajstić information content (AvgIpc) is 2.03. The summed E-state index contributed by atoms with van der Waals surface area (Å²) in [6, 6.07) is 6.12. The van der Waals surface area contributed by atoms with Crippen LogP contribution in [0.5, 0.6) is 0 Å². The van der Waals surface area contributed by atoms with Gasteiger partial charge < -0.3 is 5.73 Å². The van der Waals surface area contributed by atoms with Gasteiger partial charge in [0.2, 0.25) is 0 Å². The van der Waals surface area contributed by atoms with Crippen molar-refractivity contribution in [3.05, 3.63) is 29.3 Å². The maximum Gasteiger partial charge on any atom is 0.0316 e. The summed E-state index contributed by atoms with van der Waals surface area (Å²) >= 11 is 1.94. The summed E-state index contributed by atoms with van der Waals surface area (Å²) in [7, 11) is 0. The molecule has 2 heteroatoms. The molecule has 1 aromatic carbocycles. The fourth-order valence-electron chi connectivity index (χ4n) is 1.09. The van der Waals surface area contributed by atoms with Gasteiger partial charge in [0.05, 0.1) is 0 Å². The van der Waals surface area contributed by atoms with Gasteiger partial charge in [-0.25, -0.2) is 0 Å². The van der Waals surface area contributed by atoms with Crippen molar-refractivity contribution in [1.82, 2.24) is 0 Å². The van der Waals surface area contributed by atoms with E-state index in [1.54, 1.807) is 0 Å². The summed E-state index contributed by atoms with van der Waals surface area (Å²) in [6.45, 7) is 4.29. The highest BCUT2D eigenvalue weighted by molar-refractivity contribution is 7.98. The maximum atomic E-state index is 5.65. The van der Waals surface area contributed by atoms with Crippen LogP contribution in [-0.2, 0) is 5.75 Å². The van der Waals surface area contributed by atoms with Crippen LogP contribution in [0.4, 0.5) is 5.69 Å². The fourth-order valence-corrected chi connectivity index (χ4v) is 1.84. The number of nitrogen functional groups attached to an aromatic ring is 1. The van der Waals surface area contributed by atoms with Crippen molar-refractivity contribution >= 4 is 17.4 Å². The second-order valence-electron chi connectivity index (χ2n) is 2.82. The van der Waals surface area contributed by atoms with Gasteiger partial charge in [0, 0.05) is 11.4 Å². The quantitative estimate of drug-likeness (QED) is 0.726. The van der Waals surface area contributed by atoms with Gasteiger partial charge in [0.1, 0.15) is 0 Å². The third-order valence-electron chi connectivity index (χ3n) is 1.83. The minimum Gasteiger partial charge on any atom is -0.399 e. The number of rotatable bonds is 3. The molecule has 0 aliphatic rings. The molecule has 0 bridgehead atoms. The monoisotopic (exact) mass is 181 g/mol. The Morgan fingerprint density at radius 2 is 2.17 bits per heavy atom. The summed E-state index contributed by atoms with van der Waals surface area (Å²) in [6.07, 6.45) is 0. The molecule has 66 valence electrons. The van der Waals surface area contributed by atoms with Gasteiger partial charge >= 0.3 is 0 Å². The van der Waals surface area contributed by atoms with Gasteiger partial charge in [0.25, 0.3) is 0 Å². The number of hydrogen-bond donors (Lipinski definition) is 1. The molecule has 0 saturated carbocycles. The Kier molecular flexibility index (Phi) is 3.48. The lowest BCUT2D eigenvalue weighted by molar-refractivity contribution is 1.30. The van der Waals surface area contributed by atoms with Crippen LogP contribution in [0.15, 0.2) is 18.2 Å². The zero-order chi connectivity index (χ0) is 8.97. The standard InChI is InChI=1S/C10H15NS/c1-3-12-7-9-4-5-10(11)6-8(9)2/h4-6H,3,7,11H2,1-2H3. The first-order chi connectivity index (χ1) is 5.74. The average molecular weight is 181 g/mol. The van der Waals surface area contributed by atoms with Crippen LogP contribution in [0, 0.1) is 6.92 Å². The molecule has 0 fully saturated rings. The number of anilines is 1. The van der Waals surface area contributed by atoms with E-state index >= 15 is 0 Å². The first-order valence-corrected chi connectivity index (χ1v) is 5.32. The summed E-state index contributed by atoms with van der Waals surface area (Å²) in [5.41, 5.74) is 9.21. The van der Waals surface area contributed by atoms with E-state index in [-0.39, 0.29) is 0 Å². The van der Waals surface area contributed by atoms with Crippen molar-refractivity contribution in [2.24, 2.45) is 0 Å². The third-order valence-corrected chi connectivity index (χ3v) is 2.75. The van der Waals surface area contributed by atoms with Crippen LogP contribution in [0.2, 0.25) is 0 Å². The Morgan fingerprint density at radius 1 is 1.42 bits per heavy atom. The Morgan fingerprint density at radius 3 is 2.75 bits per heavy atom. The largest absolute Gasteiger partial charge is 0.399 e. The van der Waals surface area contributed by atoms with Gasteiger partial charge in [-0.15, -0.1) is 0 Å². The van der Waals surface area contributed by atoms with E-state index in [4.69, 9.17) is 5.73 Å². The Hall–Kier alpha value is -0.630. The molecule has 0 aromatic heterocycles. The Balaban J connectivity index is 2.72. The molecule has 1 rings (SSSR count). The predicted molar refractivity (Wildman–Crippen MR) is 57.4 cm³/mol. The van der Waals surface area contributed by atoms with Crippen molar-refractivity contribution in [2.45, 2.75) is 19.6 Å². The molecule has 0 spiro atoms. The van der Waals surface area contributed by atoms with Gasteiger partial charge in [-0.05, 0) is 35.9 Å². The zero-order valence-corrected chi connectivity index (χ0v) is 8.45. The molecule has 0 saturated heterocycles. The van der Waals surface area contributed by atoms with Gasteiger partial charge in [-0.3, -0.25) is 0 Å². The van der Waals surface area contributed by atoms with Crippen molar-refractivity contribution in [3.8, 4) is 0 Å². The van der Waals surface area contributed by atoms with E-state index < -0.39 is 0 Å². The van der Waals surface area contributed by atoms with E-state index in [0.29, 0.717) is 0 Å². The number of aryl methyl sites for hydroxylation is 1. The van der Waals surface area contributed by atoms with Crippen molar-refractivity contribution in [1.29, 1.82) is 0 Å². The van der Waals surface area contributed by atoms with Crippen LogP contribution < -0.4 is 5.73 Å². The predicted octanol–water partition coefficient (Wildman–Crippen LogP) is 2.83. The lowest BCUT2D eigenvalue weighted by Crippen LogP contribution is -1.90. The van der Waals surface area contributed by atoms with Crippen molar-refractivity contribution in [2.75, 3.05) is 11.5 Å². The molecule has 0 unspecified atom stereocenters. The van der Waals surface area contributed by atoms with E-state index in [9.17, 15) is 0 Å². The van der Waals surface area contributed by atoms with Crippen LogP contribution in [-0.4, -0.2) is 5.75 Å². The van der Waals surface area contributed by atoms with Gasteiger partial charge in [-0.1, -0.05) is 13.0 Å². The maximum absolute atomic E-state index is 5.65. The first kappa shape index (κ1) is 9.46. The van der Waals surface area contributed by atoms with Crippen LogP contribution >= 0.6 is 11.8 Å². The number of hydrogen-bond acceptors (Lipinski definition) is 2. The van der Waals surface area contributed by atoms with Crippen LogP contribution in [0.25, 0.3) is 0 Å². The van der Waals surface area contributed by atoms with Crippen molar-refractivity contribution < 1.29 is 0 Å². The number of benzene rings is 1. The van der Waals surface area contributed by atoms with Crippen LogP contribution in [0.3, 0.4) is 0 Å². The molecule has 1 nitrogen and oxygen atoms in total. The molecule has 12 heavy (non-hydrogen) atoms. The summed E-state index contributed by atoms with van der Waals surface area (Å²) in [5, 5.41) is 0. The minimum atomic E-state index is 0.859. The molecular formula is C10H15NS. The smallest absolute Gasteiger partial charge is 0.0316 e. The number of thioether (sulfide) groups is 1. The van der Waals surface area contributed by atoms with E-state index in [0.717, 1.165) is 11.4 Å². The second-order valence-corrected chi connectivity index (χ2v) is 4.10. The normalized spacial score (nSPS) is 10.2. The molecule has 1 aromatic rings. The van der Waals surface area contributed by atoms with Gasteiger partial charge in [-0.2, -0.15) is 11.8 Å². The summed E-state index contributed by atoms with van der Waals surface area (Å²) in [4.78, 5) is 0. The highest BCUT2D eigenvalue weighted by Gasteiger charge is 1.97. The minimum absolute atomic E-state index is 0.859. The topological polar surface area (TPSA) is 26.0 Å². The molecule has 0 heterocycles. The Bertz CT molecular complexity index is 258. The van der Waals surface area contributed by atoms with E-state index in [1.807, 2.05) is 23.9 Å². The first-order valence-electron chi connectivity index (χ1n) is 4.16. The molecule has 0 amide bonds. The molecule has 0 aliphatic carbocycles. The SMILES string of the molecule is CCSCc1ccc(N)cc1C. The Labute approximate surface area is 78.4 Å². The third kappa shape index (κ3) is 2.45. The fraction of sp³-hybridized carbons (Fsp3) is 0.400. The molecule has 0 aliphatic heterocycles. The molecular weight excluding hydrogens is 166 g/mol. The van der Waals surface area contributed by atoms with E-state index in [1.165, 1.54) is 16.9 Å². The lowest BCUT2D eigenvalue weighted by atomic mass is 10.1. The van der Waals surface area contributed by atoms with Crippen LogP contribution in [0.1, 0.15) is 18.1 Å². The highest BCUT2D eigenvalue weighted by atomic mass is 32.2. The van der Waals surface area contributed by atoms with E-state index in [2.05, 4.69) is 19.9 Å². The second kappa shape index (κ2) is 4.41. The summed E-state index contributed by atoms with van der Waals surface area (Å²) < 4.78 is 0.